The van der Waals surface area contributed by atoms with Gasteiger partial charge in [0.05, 0.1) is 17.6 Å². The van der Waals surface area contributed by atoms with Crippen molar-refractivity contribution in [1.29, 1.82) is 0 Å². The number of hydrogen-bond donors (Lipinski definition) is 2. The number of benzene rings is 1. The molecule has 11 heteroatoms. The zero-order valence-corrected chi connectivity index (χ0v) is 23.9. The zero-order valence-electron chi connectivity index (χ0n) is 23.1. The van der Waals surface area contributed by atoms with Gasteiger partial charge in [-0.05, 0) is 62.9 Å². The van der Waals surface area contributed by atoms with Crippen LogP contribution >= 0.6 is 0 Å². The molecule has 1 saturated carbocycles. The maximum atomic E-state index is 13.1. The number of rotatable bonds is 12. The number of nitrogens with one attached hydrogen (secondary N) is 2. The number of Topliss-reactive ketones (excluding diaryl/α,β-unsaturated/α-hetero) is 1. The van der Waals surface area contributed by atoms with Crippen LogP contribution in [0.25, 0.3) is 11.2 Å². The molecule has 2 heterocycles. The minimum Gasteiger partial charge on any atom is -0.298 e. The number of amides is 1. The Balaban J connectivity index is 1.39. The quantitative estimate of drug-likeness (QED) is 0.324. The van der Waals surface area contributed by atoms with Gasteiger partial charge in [-0.2, -0.15) is 0 Å². The molecule has 0 spiro atoms. The summed E-state index contributed by atoms with van der Waals surface area (Å²) < 4.78 is 27.3. The first-order valence-corrected chi connectivity index (χ1v) is 15.1. The lowest BCUT2D eigenvalue weighted by atomic mass is 9.93. The van der Waals surface area contributed by atoms with E-state index in [-0.39, 0.29) is 40.0 Å². The van der Waals surface area contributed by atoms with E-state index in [4.69, 9.17) is 0 Å². The van der Waals surface area contributed by atoms with Crippen molar-refractivity contribution in [1.82, 2.24) is 24.3 Å². The van der Waals surface area contributed by atoms with Crippen molar-refractivity contribution in [2.75, 3.05) is 25.1 Å². The number of aryl methyl sites for hydroxylation is 1. The molecule has 2 N–H and O–H groups in total. The Hall–Kier alpha value is -3.31. The van der Waals surface area contributed by atoms with Crippen molar-refractivity contribution in [2.24, 2.45) is 17.8 Å². The van der Waals surface area contributed by atoms with Crippen LogP contribution < -0.4 is 10.9 Å². The van der Waals surface area contributed by atoms with Crippen LogP contribution in [0.4, 0.5) is 5.82 Å². The lowest BCUT2D eigenvalue weighted by Gasteiger charge is -2.18. The van der Waals surface area contributed by atoms with Crippen molar-refractivity contribution in [3.8, 4) is 0 Å². The minimum atomic E-state index is -3.82. The molecule has 3 atom stereocenters. The second-order valence-corrected chi connectivity index (χ2v) is 12.1. The predicted molar refractivity (Wildman–Crippen MR) is 150 cm³/mol. The summed E-state index contributed by atoms with van der Waals surface area (Å²) in [6.07, 6.45) is 5.74. The van der Waals surface area contributed by atoms with Crippen LogP contribution in [0.15, 0.2) is 47.6 Å². The smallest absolute Gasteiger partial charge is 0.269 e. The highest BCUT2D eigenvalue weighted by Crippen LogP contribution is 2.40. The third-order valence-electron chi connectivity index (χ3n) is 7.71. The first-order chi connectivity index (χ1) is 18.7. The normalized spacial score (nSPS) is 19.5. The molecule has 0 radical (unpaired) electrons. The van der Waals surface area contributed by atoms with E-state index >= 15 is 0 Å². The summed E-state index contributed by atoms with van der Waals surface area (Å²) in [5.41, 5.74) is 7.13. The highest BCUT2D eigenvalue weighted by Gasteiger charge is 2.38. The maximum Gasteiger partial charge on any atom is 0.269 e. The number of carbonyl (C=O) groups excluding carboxylic acids is 2. The Bertz CT molecular complexity index is 1420. The summed E-state index contributed by atoms with van der Waals surface area (Å²) in [4.78, 5) is 36.7. The Morgan fingerprint density at radius 2 is 1.79 bits per heavy atom. The van der Waals surface area contributed by atoms with Gasteiger partial charge in [0.1, 0.15) is 11.3 Å². The van der Waals surface area contributed by atoms with Crippen LogP contribution in [0.5, 0.6) is 0 Å². The van der Waals surface area contributed by atoms with E-state index in [1.807, 2.05) is 6.92 Å². The van der Waals surface area contributed by atoms with E-state index < -0.39 is 10.0 Å². The van der Waals surface area contributed by atoms with Crippen molar-refractivity contribution in [3.63, 3.8) is 0 Å². The number of likely N-dealkylation sites (N-methyl/N-ethyl adjacent to an activating group) is 1. The molecule has 1 aliphatic rings. The molecular weight excluding hydrogens is 516 g/mol. The summed E-state index contributed by atoms with van der Waals surface area (Å²) in [5, 5.41) is 0. The highest BCUT2D eigenvalue weighted by molar-refractivity contribution is 7.90. The fourth-order valence-corrected chi connectivity index (χ4v) is 6.74. The standard InChI is InChI=1S/C28H38N6O4S/c1-5-21-14-20(15-22(35)18-33(6-2)7-3)16-24(21)28(36)32-31-26-17-29-27-25(30-26)12-13-34(27)39(37,38)23-10-8-19(4)9-11-23/h8-13,17,20-21,24H,5-7,14-16,18H2,1-4H3,(H,30,31)(H,32,36). The molecule has 1 fully saturated rings. The van der Waals surface area contributed by atoms with E-state index in [1.54, 1.807) is 30.3 Å². The Labute approximate surface area is 230 Å². The van der Waals surface area contributed by atoms with Crippen LogP contribution in [0.3, 0.4) is 0 Å². The molecule has 210 valence electrons. The fraction of sp³-hybridized carbons (Fsp3) is 0.500. The first kappa shape index (κ1) is 28.7. The molecule has 3 aromatic rings. The average molecular weight is 555 g/mol. The van der Waals surface area contributed by atoms with Crippen LogP contribution in [-0.4, -0.2) is 58.6 Å². The van der Waals surface area contributed by atoms with Crippen LogP contribution in [-0.2, 0) is 19.6 Å². The van der Waals surface area contributed by atoms with Gasteiger partial charge in [0.15, 0.2) is 11.5 Å². The van der Waals surface area contributed by atoms with E-state index in [2.05, 4.69) is 46.5 Å². The second-order valence-electron chi connectivity index (χ2n) is 10.3. The number of nitrogens with zero attached hydrogens (tertiary/aromatic N) is 4. The first-order valence-electron chi connectivity index (χ1n) is 13.6. The lowest BCUT2D eigenvalue weighted by molar-refractivity contribution is -0.126. The molecule has 0 bridgehead atoms. The summed E-state index contributed by atoms with van der Waals surface area (Å²) >= 11 is 0. The Morgan fingerprint density at radius 1 is 1.08 bits per heavy atom. The number of aromatic nitrogens is 3. The molecule has 1 amide bonds. The molecular formula is C28H38N6O4S. The zero-order chi connectivity index (χ0) is 28.2. The number of carbonyl (C=O) groups is 2. The van der Waals surface area contributed by atoms with E-state index in [9.17, 15) is 18.0 Å². The van der Waals surface area contributed by atoms with E-state index in [0.29, 0.717) is 30.7 Å². The number of fused-ring (bicyclic) bond motifs is 1. The van der Waals surface area contributed by atoms with Crippen molar-refractivity contribution in [2.45, 2.75) is 58.3 Å². The Kier molecular flexibility index (Phi) is 9.01. The molecule has 0 saturated heterocycles. The molecule has 1 aromatic carbocycles. The van der Waals surface area contributed by atoms with Gasteiger partial charge in [-0.3, -0.25) is 25.3 Å². The molecule has 39 heavy (non-hydrogen) atoms. The molecule has 2 aromatic heterocycles. The summed E-state index contributed by atoms with van der Waals surface area (Å²) in [6.45, 7) is 10.2. The van der Waals surface area contributed by atoms with E-state index in [0.717, 1.165) is 35.5 Å². The number of anilines is 1. The van der Waals surface area contributed by atoms with Crippen molar-refractivity contribution >= 4 is 38.7 Å². The minimum absolute atomic E-state index is 0.137. The van der Waals surface area contributed by atoms with Gasteiger partial charge in [-0.25, -0.2) is 22.4 Å². The molecule has 10 nitrogen and oxygen atoms in total. The maximum absolute atomic E-state index is 13.1. The lowest BCUT2D eigenvalue weighted by Crippen LogP contribution is -2.37. The molecule has 0 aliphatic heterocycles. The summed E-state index contributed by atoms with van der Waals surface area (Å²) in [6, 6.07) is 8.19. The fourth-order valence-electron chi connectivity index (χ4n) is 5.45. The molecule has 1 aliphatic carbocycles. The van der Waals surface area contributed by atoms with Gasteiger partial charge in [0.2, 0.25) is 5.91 Å². The van der Waals surface area contributed by atoms with Crippen LogP contribution in [0, 0.1) is 24.7 Å². The van der Waals surface area contributed by atoms with Gasteiger partial charge in [0.25, 0.3) is 10.0 Å². The third-order valence-corrected chi connectivity index (χ3v) is 9.39. The van der Waals surface area contributed by atoms with E-state index in [1.165, 1.54) is 12.4 Å². The van der Waals surface area contributed by atoms with Gasteiger partial charge >= 0.3 is 0 Å². The predicted octanol–water partition coefficient (Wildman–Crippen LogP) is 3.77. The van der Waals surface area contributed by atoms with Crippen molar-refractivity contribution in [3.05, 3.63) is 48.3 Å². The molecule has 4 rings (SSSR count). The second kappa shape index (κ2) is 12.3. The monoisotopic (exact) mass is 554 g/mol. The SMILES string of the molecule is CCC1CC(CC(=O)CN(CC)CC)CC1C(=O)NNc1cnc2c(ccn2S(=O)(=O)c2ccc(C)cc2)n1. The van der Waals surface area contributed by atoms with Gasteiger partial charge in [0, 0.05) is 18.5 Å². The number of hydrazine groups is 1. The largest absolute Gasteiger partial charge is 0.298 e. The van der Waals surface area contributed by atoms with Crippen molar-refractivity contribution < 1.29 is 18.0 Å². The van der Waals surface area contributed by atoms with Crippen LogP contribution in [0.1, 0.15) is 52.0 Å². The average Bonchev–Trinajstić information content (AvgIpc) is 3.54. The highest BCUT2D eigenvalue weighted by atomic mass is 32.2. The Morgan fingerprint density at radius 3 is 2.46 bits per heavy atom. The van der Waals surface area contributed by atoms with Gasteiger partial charge < -0.3 is 0 Å². The topological polar surface area (TPSA) is 126 Å². The number of ketones is 1. The third kappa shape index (κ3) is 6.47. The van der Waals surface area contributed by atoms with Crippen LogP contribution in [0.2, 0.25) is 0 Å². The molecule has 3 unspecified atom stereocenters. The van der Waals surface area contributed by atoms with Gasteiger partial charge in [-0.1, -0.05) is 44.9 Å². The summed E-state index contributed by atoms with van der Waals surface area (Å²) in [5.74, 6) is 0.636. The van der Waals surface area contributed by atoms with Gasteiger partial charge in [-0.15, -0.1) is 0 Å². The number of hydrogen-bond acceptors (Lipinski definition) is 8. The summed E-state index contributed by atoms with van der Waals surface area (Å²) in [7, 11) is -3.82.